The molecule has 14 rings (SSSR count). The van der Waals surface area contributed by atoms with Crippen molar-refractivity contribution in [2.24, 2.45) is 23.7 Å². The summed E-state index contributed by atoms with van der Waals surface area (Å²) in [5.41, 5.74) is 18.7. The van der Waals surface area contributed by atoms with Crippen molar-refractivity contribution in [3.8, 4) is 33.4 Å². The summed E-state index contributed by atoms with van der Waals surface area (Å²) in [5, 5.41) is 2.57. The minimum Gasteiger partial charge on any atom is -0.310 e. The van der Waals surface area contributed by atoms with Gasteiger partial charge in [0.2, 0.25) is 0 Å². The van der Waals surface area contributed by atoms with Crippen molar-refractivity contribution in [1.82, 2.24) is 0 Å². The van der Waals surface area contributed by atoms with Gasteiger partial charge in [0.15, 0.2) is 0 Å². The largest absolute Gasteiger partial charge is 0.310 e. The summed E-state index contributed by atoms with van der Waals surface area (Å²) < 4.78 is 0. The quantitative estimate of drug-likeness (QED) is 0.174. The lowest BCUT2D eigenvalue weighted by atomic mass is 9.43. The molecule has 1 nitrogen and oxygen atoms in total. The molecule has 0 atom stereocenters. The Morgan fingerprint density at radius 1 is 0.386 bits per heavy atom. The van der Waals surface area contributed by atoms with Crippen LogP contribution in [0.2, 0.25) is 0 Å². The van der Waals surface area contributed by atoms with Gasteiger partial charge in [0.05, 0.1) is 0 Å². The lowest BCUT2D eigenvalue weighted by molar-refractivity contribution is -0.0399. The predicted molar refractivity (Wildman–Crippen MR) is 237 cm³/mol. The van der Waals surface area contributed by atoms with Gasteiger partial charge in [-0.2, -0.15) is 0 Å². The van der Waals surface area contributed by atoms with Crippen LogP contribution in [0.3, 0.4) is 0 Å². The van der Waals surface area contributed by atoms with Gasteiger partial charge in [0.1, 0.15) is 0 Å². The van der Waals surface area contributed by atoms with Crippen LogP contribution in [0.5, 0.6) is 0 Å². The number of rotatable bonds is 4. The Kier molecular flexibility index (Phi) is 6.91. The maximum absolute atomic E-state index is 2.60. The van der Waals surface area contributed by atoms with Crippen LogP contribution in [0.25, 0.3) is 44.2 Å². The molecule has 7 aromatic rings. The molecule has 4 bridgehead atoms. The van der Waals surface area contributed by atoms with E-state index in [0.717, 1.165) is 23.7 Å². The van der Waals surface area contributed by atoms with E-state index in [1.54, 1.807) is 16.7 Å². The lowest BCUT2D eigenvalue weighted by Gasteiger charge is -2.61. The van der Waals surface area contributed by atoms with Gasteiger partial charge in [-0.1, -0.05) is 128 Å². The third-order valence-corrected chi connectivity index (χ3v) is 16.2. The van der Waals surface area contributed by atoms with E-state index in [1.807, 2.05) is 0 Å². The Morgan fingerprint density at radius 3 is 1.74 bits per heavy atom. The minimum absolute atomic E-state index is 0.106. The van der Waals surface area contributed by atoms with Crippen LogP contribution in [0, 0.1) is 23.7 Å². The second kappa shape index (κ2) is 12.1. The predicted octanol–water partition coefficient (Wildman–Crippen LogP) is 14.9. The molecule has 5 saturated carbocycles. The lowest BCUT2D eigenvalue weighted by Crippen LogP contribution is -2.55. The first-order chi connectivity index (χ1) is 28.2. The molecule has 0 unspecified atom stereocenters. The topological polar surface area (TPSA) is 3.24 Å². The van der Waals surface area contributed by atoms with Crippen molar-refractivity contribution in [2.75, 3.05) is 4.90 Å². The zero-order chi connectivity index (χ0) is 37.3. The van der Waals surface area contributed by atoms with Crippen molar-refractivity contribution < 1.29 is 0 Å². The molecule has 1 heteroatoms. The fourth-order valence-electron chi connectivity index (χ4n) is 14.2. The Bertz CT molecular complexity index is 2720. The average molecular weight is 736 g/mol. The second-order valence-corrected chi connectivity index (χ2v) is 18.8. The van der Waals surface area contributed by atoms with Crippen LogP contribution in [-0.4, -0.2) is 0 Å². The first-order valence-corrected chi connectivity index (χ1v) is 22.1. The Labute approximate surface area is 337 Å². The highest BCUT2D eigenvalue weighted by atomic mass is 15.1. The normalized spacial score (nSPS) is 25.4. The summed E-state index contributed by atoms with van der Waals surface area (Å²) in [6.45, 7) is 0. The van der Waals surface area contributed by atoms with Gasteiger partial charge in [-0.15, -0.1) is 0 Å². The molecular formula is C56H49N. The van der Waals surface area contributed by atoms with E-state index < -0.39 is 0 Å². The van der Waals surface area contributed by atoms with E-state index in [-0.39, 0.29) is 10.8 Å². The third kappa shape index (κ3) is 4.52. The smallest absolute Gasteiger partial charge is 0.0468 e. The number of hydrogen-bond donors (Lipinski definition) is 0. The van der Waals surface area contributed by atoms with Crippen molar-refractivity contribution >= 4 is 27.8 Å². The molecule has 7 aliphatic carbocycles. The standard InChI is InChI=1S/C56H49N/c1-8-26-55(27-9-1)51-14-6-4-12-47(51)49-24-22-46(35-54(49)55)57(44-20-18-39(19-21-44)41-17-16-38-10-2-3-11-40(38)33-41)45-23-25-53-50(34-45)48-13-5-7-15-52(48)56(53)42-29-36-28-37(31-42)32-43(56)30-36/h2-7,10-25,33-37,42-43H,1,8-9,26-32H2. The number of anilines is 3. The summed E-state index contributed by atoms with van der Waals surface area (Å²) in [7, 11) is 0. The van der Waals surface area contributed by atoms with Crippen LogP contribution in [-0.2, 0) is 10.8 Å². The molecule has 0 saturated heterocycles. The highest BCUT2D eigenvalue weighted by molar-refractivity contribution is 5.91. The molecule has 278 valence electrons. The SMILES string of the molecule is c1ccc2c(c1)-c1ccc(N(c3ccc(-c4ccc5ccccc5c4)cc3)c3ccc4c(c3)-c3ccccc3C43C4CC5CC(C4)CC3C5)cc1C21CCCCC1. The van der Waals surface area contributed by atoms with Crippen LogP contribution >= 0.6 is 0 Å². The molecule has 7 aliphatic rings. The first kappa shape index (κ1) is 32.7. The summed E-state index contributed by atoms with van der Waals surface area (Å²) >= 11 is 0. The van der Waals surface area contributed by atoms with Crippen LogP contribution in [0.15, 0.2) is 152 Å². The van der Waals surface area contributed by atoms with Crippen LogP contribution in [0.4, 0.5) is 17.1 Å². The highest BCUT2D eigenvalue weighted by Crippen LogP contribution is 2.69. The van der Waals surface area contributed by atoms with E-state index in [0.29, 0.717) is 0 Å². The fraction of sp³-hybridized carbons (Fsp3) is 0.286. The molecule has 0 amide bonds. The summed E-state index contributed by atoms with van der Waals surface area (Å²) in [6, 6.07) is 59.0. The Balaban J connectivity index is 0.982. The van der Waals surface area contributed by atoms with Gasteiger partial charge in [-0.05, 0) is 177 Å². The Hall–Kier alpha value is -5.40. The minimum atomic E-state index is 0.106. The molecule has 7 aromatic carbocycles. The van der Waals surface area contributed by atoms with E-state index in [2.05, 4.69) is 157 Å². The van der Waals surface area contributed by atoms with E-state index >= 15 is 0 Å². The number of fused-ring (bicyclic) bond motifs is 9. The van der Waals surface area contributed by atoms with Gasteiger partial charge < -0.3 is 4.90 Å². The van der Waals surface area contributed by atoms with Gasteiger partial charge in [-0.25, -0.2) is 0 Å². The molecule has 0 heterocycles. The molecule has 0 N–H and O–H groups in total. The molecular weight excluding hydrogens is 687 g/mol. The zero-order valence-electron chi connectivity index (χ0n) is 32.8. The van der Waals surface area contributed by atoms with Gasteiger partial charge in [0.25, 0.3) is 0 Å². The van der Waals surface area contributed by atoms with E-state index in [1.165, 1.54) is 131 Å². The van der Waals surface area contributed by atoms with Gasteiger partial charge in [0, 0.05) is 27.9 Å². The monoisotopic (exact) mass is 735 g/mol. The zero-order valence-corrected chi connectivity index (χ0v) is 32.8. The van der Waals surface area contributed by atoms with Gasteiger partial charge >= 0.3 is 0 Å². The van der Waals surface area contributed by atoms with Crippen molar-refractivity contribution in [2.45, 2.75) is 75.0 Å². The van der Waals surface area contributed by atoms with E-state index in [4.69, 9.17) is 0 Å². The van der Waals surface area contributed by atoms with Crippen LogP contribution in [0.1, 0.15) is 86.5 Å². The third-order valence-electron chi connectivity index (χ3n) is 16.2. The summed E-state index contributed by atoms with van der Waals surface area (Å²) in [6.07, 6.45) is 13.6. The van der Waals surface area contributed by atoms with Crippen LogP contribution < -0.4 is 4.90 Å². The van der Waals surface area contributed by atoms with Gasteiger partial charge in [-0.3, -0.25) is 0 Å². The number of hydrogen-bond acceptors (Lipinski definition) is 1. The highest BCUT2D eigenvalue weighted by Gasteiger charge is 2.61. The molecule has 0 radical (unpaired) electrons. The maximum Gasteiger partial charge on any atom is 0.0468 e. The maximum atomic E-state index is 2.60. The molecule has 2 spiro atoms. The molecule has 57 heavy (non-hydrogen) atoms. The second-order valence-electron chi connectivity index (χ2n) is 18.8. The Morgan fingerprint density at radius 2 is 0.965 bits per heavy atom. The fourth-order valence-corrected chi connectivity index (χ4v) is 14.2. The number of nitrogens with zero attached hydrogens (tertiary/aromatic N) is 1. The van der Waals surface area contributed by atoms with E-state index in [9.17, 15) is 0 Å². The molecule has 5 fully saturated rings. The average Bonchev–Trinajstić information content (AvgIpc) is 3.70. The molecule has 0 aromatic heterocycles. The number of benzene rings is 7. The molecule has 0 aliphatic heterocycles. The van der Waals surface area contributed by atoms with Crippen molar-refractivity contribution in [3.05, 3.63) is 174 Å². The van der Waals surface area contributed by atoms with Crippen molar-refractivity contribution in [3.63, 3.8) is 0 Å². The first-order valence-electron chi connectivity index (χ1n) is 22.1. The summed E-state index contributed by atoms with van der Waals surface area (Å²) in [5.74, 6) is 3.43. The van der Waals surface area contributed by atoms with Crippen molar-refractivity contribution in [1.29, 1.82) is 0 Å². The summed E-state index contributed by atoms with van der Waals surface area (Å²) in [4.78, 5) is 2.58.